The van der Waals surface area contributed by atoms with Crippen LogP contribution in [0.15, 0.2) is 24.3 Å². The minimum absolute atomic E-state index is 0.0432. The zero-order valence-corrected chi connectivity index (χ0v) is 15.5. The molecule has 25 heavy (non-hydrogen) atoms. The number of hydrogen-bond acceptors (Lipinski definition) is 3. The largest absolute Gasteiger partial charge is 0.356 e. The van der Waals surface area contributed by atoms with E-state index < -0.39 is 0 Å². The number of piperazine rings is 1. The minimum atomic E-state index is 0.0432. The van der Waals surface area contributed by atoms with Crippen molar-refractivity contribution in [2.75, 3.05) is 26.2 Å². The molecule has 1 aliphatic rings. The summed E-state index contributed by atoms with van der Waals surface area (Å²) in [6, 6.07) is 8.64. The van der Waals surface area contributed by atoms with Crippen LogP contribution in [0.2, 0.25) is 0 Å². The van der Waals surface area contributed by atoms with Crippen molar-refractivity contribution in [1.82, 2.24) is 15.5 Å². The minimum Gasteiger partial charge on any atom is -0.356 e. The van der Waals surface area contributed by atoms with Crippen molar-refractivity contribution in [2.24, 2.45) is 0 Å². The molecule has 5 nitrogen and oxygen atoms in total. The highest BCUT2D eigenvalue weighted by molar-refractivity contribution is 5.79. The molecular weight excluding hydrogens is 314 g/mol. The Bertz CT molecular complexity index is 557. The van der Waals surface area contributed by atoms with Gasteiger partial charge in [0, 0.05) is 39.0 Å². The molecule has 1 heterocycles. The van der Waals surface area contributed by atoms with Gasteiger partial charge in [-0.2, -0.15) is 0 Å². The van der Waals surface area contributed by atoms with Crippen molar-refractivity contribution in [1.29, 1.82) is 0 Å². The van der Waals surface area contributed by atoms with Crippen molar-refractivity contribution >= 4 is 11.8 Å². The second-order valence-electron chi connectivity index (χ2n) is 6.61. The molecule has 1 aromatic rings. The topological polar surface area (TPSA) is 61.4 Å². The van der Waals surface area contributed by atoms with Crippen LogP contribution in [-0.4, -0.2) is 42.9 Å². The van der Waals surface area contributed by atoms with Crippen molar-refractivity contribution < 1.29 is 9.59 Å². The first-order valence-electron chi connectivity index (χ1n) is 9.51. The van der Waals surface area contributed by atoms with Crippen molar-refractivity contribution in [3.05, 3.63) is 35.4 Å². The fourth-order valence-electron chi connectivity index (χ4n) is 3.17. The molecule has 1 aromatic carbocycles. The molecule has 0 radical (unpaired) electrons. The van der Waals surface area contributed by atoms with Gasteiger partial charge in [-0.3, -0.25) is 9.59 Å². The lowest BCUT2D eigenvalue weighted by molar-refractivity contribution is -0.134. The molecule has 1 saturated heterocycles. The lowest BCUT2D eigenvalue weighted by Crippen LogP contribution is -2.48. The summed E-state index contributed by atoms with van der Waals surface area (Å²) in [7, 11) is 0. The number of hydrogen-bond donors (Lipinski definition) is 2. The summed E-state index contributed by atoms with van der Waals surface area (Å²) in [6.45, 7) is 7.22. The summed E-state index contributed by atoms with van der Waals surface area (Å²) < 4.78 is 0. The zero-order chi connectivity index (χ0) is 18.1. The Labute approximate surface area is 151 Å². The Morgan fingerprint density at radius 3 is 2.64 bits per heavy atom. The maximum atomic E-state index is 12.7. The Morgan fingerprint density at radius 1 is 1.20 bits per heavy atom. The highest BCUT2D eigenvalue weighted by Crippen LogP contribution is 2.24. The maximum Gasteiger partial charge on any atom is 0.223 e. The van der Waals surface area contributed by atoms with Gasteiger partial charge in [0.1, 0.15) is 0 Å². The van der Waals surface area contributed by atoms with Crippen LogP contribution >= 0.6 is 0 Å². The second kappa shape index (κ2) is 10.2. The van der Waals surface area contributed by atoms with Crippen LogP contribution < -0.4 is 10.6 Å². The second-order valence-corrected chi connectivity index (χ2v) is 6.61. The van der Waals surface area contributed by atoms with Crippen LogP contribution in [0.1, 0.15) is 56.7 Å². The van der Waals surface area contributed by atoms with Gasteiger partial charge in [-0.25, -0.2) is 0 Å². The molecule has 2 N–H and O–H groups in total. The predicted octanol–water partition coefficient (Wildman–Crippen LogP) is 2.42. The van der Waals surface area contributed by atoms with Crippen LogP contribution in [0.3, 0.4) is 0 Å². The van der Waals surface area contributed by atoms with E-state index in [9.17, 15) is 9.59 Å². The summed E-state index contributed by atoms with van der Waals surface area (Å²) in [5, 5.41) is 6.24. The number of benzene rings is 1. The summed E-state index contributed by atoms with van der Waals surface area (Å²) >= 11 is 0. The van der Waals surface area contributed by atoms with E-state index in [2.05, 4.69) is 41.8 Å². The first kappa shape index (κ1) is 19.4. The average molecular weight is 345 g/mol. The number of carbonyl (C=O) groups is 2. The molecule has 0 aliphatic carbocycles. The molecule has 2 rings (SSSR count). The van der Waals surface area contributed by atoms with Crippen molar-refractivity contribution in [3.63, 3.8) is 0 Å². The monoisotopic (exact) mass is 345 g/mol. The summed E-state index contributed by atoms with van der Waals surface area (Å²) in [4.78, 5) is 26.3. The van der Waals surface area contributed by atoms with Crippen LogP contribution in [0.4, 0.5) is 0 Å². The number of rotatable bonds is 8. The van der Waals surface area contributed by atoms with Gasteiger partial charge in [-0.1, -0.05) is 38.1 Å². The summed E-state index contributed by atoms with van der Waals surface area (Å²) in [6.07, 6.45) is 3.42. The fraction of sp³-hybridized carbons (Fsp3) is 0.600. The third kappa shape index (κ3) is 5.85. The molecule has 1 atom stereocenters. The SMILES string of the molecule is CCCNC(=O)CCCC(=O)N1CCNCC1c1ccc(CC)cc1. The predicted molar refractivity (Wildman–Crippen MR) is 100 cm³/mol. The molecule has 0 bridgehead atoms. The van der Waals surface area contributed by atoms with Gasteiger partial charge in [0.05, 0.1) is 6.04 Å². The molecule has 5 heteroatoms. The lowest BCUT2D eigenvalue weighted by Gasteiger charge is -2.36. The van der Waals surface area contributed by atoms with Crippen LogP contribution in [0.25, 0.3) is 0 Å². The van der Waals surface area contributed by atoms with Gasteiger partial charge in [0.2, 0.25) is 11.8 Å². The molecule has 1 fully saturated rings. The van der Waals surface area contributed by atoms with E-state index in [0.29, 0.717) is 25.8 Å². The Hall–Kier alpha value is -1.88. The quantitative estimate of drug-likeness (QED) is 0.761. The van der Waals surface area contributed by atoms with E-state index in [1.165, 1.54) is 11.1 Å². The Morgan fingerprint density at radius 2 is 1.96 bits per heavy atom. The van der Waals surface area contributed by atoms with Crippen molar-refractivity contribution in [3.8, 4) is 0 Å². The van der Waals surface area contributed by atoms with Gasteiger partial charge >= 0.3 is 0 Å². The Balaban J connectivity index is 1.90. The van der Waals surface area contributed by atoms with Gasteiger partial charge < -0.3 is 15.5 Å². The number of carbonyl (C=O) groups excluding carboxylic acids is 2. The van der Waals surface area contributed by atoms with Crippen LogP contribution in [0.5, 0.6) is 0 Å². The van der Waals surface area contributed by atoms with E-state index in [4.69, 9.17) is 0 Å². The molecular formula is C20H31N3O2. The van der Waals surface area contributed by atoms with Crippen molar-refractivity contribution in [2.45, 2.75) is 52.0 Å². The molecule has 2 amide bonds. The van der Waals surface area contributed by atoms with Gasteiger partial charge in [-0.05, 0) is 30.4 Å². The third-order valence-electron chi connectivity index (χ3n) is 4.70. The van der Waals surface area contributed by atoms with Crippen LogP contribution in [-0.2, 0) is 16.0 Å². The van der Waals surface area contributed by atoms with Gasteiger partial charge in [0.25, 0.3) is 0 Å². The van der Waals surface area contributed by atoms with E-state index >= 15 is 0 Å². The highest BCUT2D eigenvalue weighted by atomic mass is 16.2. The van der Waals surface area contributed by atoms with E-state index in [0.717, 1.165) is 32.5 Å². The number of nitrogens with one attached hydrogen (secondary N) is 2. The lowest BCUT2D eigenvalue weighted by atomic mass is 10.00. The standard InChI is InChI=1S/C20H31N3O2/c1-3-12-22-19(24)6-5-7-20(25)23-14-13-21-15-18(23)17-10-8-16(4-2)9-11-17/h8-11,18,21H,3-7,12-15H2,1-2H3,(H,22,24). The molecule has 1 aliphatic heterocycles. The Kier molecular flexibility index (Phi) is 7.92. The van der Waals surface area contributed by atoms with Gasteiger partial charge in [-0.15, -0.1) is 0 Å². The van der Waals surface area contributed by atoms with E-state index in [-0.39, 0.29) is 17.9 Å². The van der Waals surface area contributed by atoms with Gasteiger partial charge in [0.15, 0.2) is 0 Å². The normalized spacial score (nSPS) is 17.4. The van der Waals surface area contributed by atoms with E-state index in [1.807, 2.05) is 11.8 Å². The molecule has 138 valence electrons. The maximum absolute atomic E-state index is 12.7. The third-order valence-corrected chi connectivity index (χ3v) is 4.70. The average Bonchev–Trinajstić information content (AvgIpc) is 2.66. The number of nitrogens with zero attached hydrogens (tertiary/aromatic N) is 1. The summed E-state index contributed by atoms with van der Waals surface area (Å²) in [5.41, 5.74) is 2.49. The fourth-order valence-corrected chi connectivity index (χ4v) is 3.17. The highest BCUT2D eigenvalue weighted by Gasteiger charge is 2.27. The molecule has 0 aromatic heterocycles. The van der Waals surface area contributed by atoms with E-state index in [1.54, 1.807) is 0 Å². The zero-order valence-electron chi connectivity index (χ0n) is 15.5. The summed E-state index contributed by atoms with van der Waals surface area (Å²) in [5.74, 6) is 0.191. The first-order chi connectivity index (χ1) is 12.2. The smallest absolute Gasteiger partial charge is 0.223 e. The number of aryl methyl sites for hydroxylation is 1. The van der Waals surface area contributed by atoms with Crippen LogP contribution in [0, 0.1) is 0 Å². The number of amides is 2. The first-order valence-corrected chi connectivity index (χ1v) is 9.51. The molecule has 0 saturated carbocycles. The molecule has 0 spiro atoms. The molecule has 1 unspecified atom stereocenters.